The van der Waals surface area contributed by atoms with Gasteiger partial charge in [0.05, 0.1) is 35.0 Å². The molecule has 0 radical (unpaired) electrons. The minimum Gasteiger partial charge on any atom is -0.871 e. The van der Waals surface area contributed by atoms with Gasteiger partial charge < -0.3 is 19.7 Å². The zero-order valence-corrected chi connectivity index (χ0v) is 30.9. The van der Waals surface area contributed by atoms with Crippen molar-refractivity contribution in [3.8, 4) is 17.2 Å². The molecule has 0 saturated heterocycles. The normalized spacial score (nSPS) is 11.6. The molecule has 0 amide bonds. The van der Waals surface area contributed by atoms with Gasteiger partial charge in [0.1, 0.15) is 11.5 Å². The maximum absolute atomic E-state index is 12.6. The van der Waals surface area contributed by atoms with Crippen LogP contribution in [0.3, 0.4) is 0 Å². The molecule has 0 bridgehead atoms. The van der Waals surface area contributed by atoms with Crippen LogP contribution in [-0.4, -0.2) is 5.97 Å². The topological polar surface area (TPSA) is 72.4 Å². The van der Waals surface area contributed by atoms with Gasteiger partial charge in [-0.3, -0.25) is 0 Å². The molecule has 0 aliphatic carbocycles. The number of carbonyl (C=O) groups is 1. The summed E-state index contributed by atoms with van der Waals surface area (Å²) >= 11 is 38.7. The van der Waals surface area contributed by atoms with Crippen molar-refractivity contribution in [1.82, 2.24) is 0 Å². The summed E-state index contributed by atoms with van der Waals surface area (Å²) in [6.45, 7) is 3.98. The van der Waals surface area contributed by atoms with Crippen LogP contribution in [0.2, 0.25) is 20.1 Å². The van der Waals surface area contributed by atoms with Gasteiger partial charge in [-0.05, 0) is 49.2 Å². The smallest absolute Gasteiger partial charge is 0.871 e. The Balaban J connectivity index is 0.00000216. The van der Waals surface area contributed by atoms with Crippen molar-refractivity contribution in [2.75, 3.05) is 0 Å². The zero-order chi connectivity index (χ0) is 24.5. The van der Waals surface area contributed by atoms with Crippen LogP contribution in [0.5, 0.6) is 17.2 Å². The molecule has 0 unspecified atom stereocenters. The molecule has 35 heavy (non-hydrogen) atoms. The van der Waals surface area contributed by atoms with Gasteiger partial charge in [0.15, 0.2) is 0 Å². The first-order valence-corrected chi connectivity index (χ1v) is 13.2. The molecule has 3 aromatic rings. The van der Waals surface area contributed by atoms with Crippen LogP contribution in [0, 0.1) is 0 Å². The molecule has 1 aliphatic rings. The third kappa shape index (κ3) is 5.47. The maximum Gasteiger partial charge on any atom is 1.00 e. The van der Waals surface area contributed by atoms with Crippen LogP contribution in [-0.2, 0) is 0 Å². The first-order valence-electron chi connectivity index (χ1n) is 8.54. The van der Waals surface area contributed by atoms with E-state index in [9.17, 15) is 15.0 Å². The monoisotopic (exact) mass is 822 g/mol. The molecule has 0 spiro atoms. The van der Waals surface area contributed by atoms with E-state index in [4.69, 9.17) is 51.1 Å². The van der Waals surface area contributed by atoms with Crippen LogP contribution in [0.1, 0.15) is 21.5 Å². The Kier molecular flexibility index (Phi) is 11.6. The van der Waals surface area contributed by atoms with E-state index < -0.39 is 11.5 Å². The fraction of sp³-hybridized carbons (Fsp3) is 0. The van der Waals surface area contributed by atoms with Gasteiger partial charge in [-0.2, -0.15) is 0 Å². The number of carboxylic acids is 1. The molecule has 0 fully saturated rings. The van der Waals surface area contributed by atoms with E-state index in [1.54, 1.807) is 6.07 Å². The van der Waals surface area contributed by atoms with Crippen LogP contribution < -0.4 is 84.5 Å². The number of hydrogen-bond acceptors (Lipinski definition) is 4. The molecule has 3 aromatic carbocycles. The molecule has 0 saturated carbocycles. The average Bonchev–Trinajstić information content (AvgIpc) is 2.76. The fourth-order valence-electron chi connectivity index (χ4n) is 3.37. The van der Waals surface area contributed by atoms with Gasteiger partial charge in [0, 0.05) is 36.4 Å². The van der Waals surface area contributed by atoms with Gasteiger partial charge >= 0.3 is 59.1 Å². The standard InChI is InChI=1S/C21H6Br4Cl4O4.2Na/c1-4-7(22)2-5-9(10-11(21(31)32)15(27)17(29)16(28)14(10)26)6-3-8(23)18(30)13(25)20(6)33-19(5)12(4)24;;/h2-3,30H,1H2,(H,31,32);;/q;2*+1/p-2. The second-order valence-corrected chi connectivity index (χ2v) is 11.5. The predicted octanol–water partition coefficient (Wildman–Crippen LogP) is 0.559. The number of carboxylic acid groups (broad SMARTS) is 1. The second-order valence-electron chi connectivity index (χ2n) is 6.68. The summed E-state index contributed by atoms with van der Waals surface area (Å²) in [6, 6.07) is 3.17. The molecule has 4 rings (SSSR count). The number of benzene rings is 3. The van der Waals surface area contributed by atoms with Gasteiger partial charge in [-0.1, -0.05) is 90.6 Å². The van der Waals surface area contributed by atoms with Crippen LogP contribution >= 0.6 is 110 Å². The van der Waals surface area contributed by atoms with Crippen molar-refractivity contribution >= 4 is 128 Å². The number of rotatable bonds is 2. The molecule has 14 heteroatoms. The van der Waals surface area contributed by atoms with E-state index in [2.05, 4.69) is 70.3 Å². The Hall–Kier alpha value is 1.55. The van der Waals surface area contributed by atoms with Crippen molar-refractivity contribution in [2.24, 2.45) is 0 Å². The molecular weight excluding hydrogens is 824 g/mol. The third-order valence-corrected chi connectivity index (χ3v) is 9.52. The third-order valence-electron chi connectivity index (χ3n) is 4.86. The van der Waals surface area contributed by atoms with E-state index in [1.807, 2.05) is 0 Å². The number of carbonyl (C=O) groups excluding carboxylic acids is 1. The Morgan fingerprint density at radius 3 is 2.00 bits per heavy atom. The van der Waals surface area contributed by atoms with E-state index >= 15 is 0 Å². The predicted molar refractivity (Wildman–Crippen MR) is 140 cm³/mol. The summed E-state index contributed by atoms with van der Waals surface area (Å²) in [6.07, 6.45) is 0. The Morgan fingerprint density at radius 2 is 1.43 bits per heavy atom. The SMILES string of the molecule is C=c1c(Br)cc2c(c1Br)Oc1c(cc(Br)c([O-])c1Br)C=2c1c(Cl)c(Cl)c(Cl)c(Cl)c1C(=O)[O-].[Na+].[Na+]. The van der Waals surface area contributed by atoms with Gasteiger partial charge in [0.2, 0.25) is 0 Å². The van der Waals surface area contributed by atoms with Gasteiger partial charge in [-0.15, -0.1) is 0 Å². The summed E-state index contributed by atoms with van der Waals surface area (Å²) in [5, 5.41) is 24.9. The Morgan fingerprint density at radius 1 is 0.857 bits per heavy atom. The largest absolute Gasteiger partial charge is 1.00 e. The Labute approximate surface area is 297 Å². The molecule has 1 heterocycles. The van der Waals surface area contributed by atoms with E-state index in [1.165, 1.54) is 6.07 Å². The van der Waals surface area contributed by atoms with Crippen LogP contribution in [0.25, 0.3) is 12.2 Å². The number of aromatic carboxylic acids is 1. The minimum atomic E-state index is -1.62. The van der Waals surface area contributed by atoms with Crippen molar-refractivity contribution in [3.63, 3.8) is 0 Å². The number of ether oxygens (including phenoxy) is 1. The number of fused-ring (bicyclic) bond motifs is 2. The van der Waals surface area contributed by atoms with E-state index in [0.29, 0.717) is 24.9 Å². The van der Waals surface area contributed by atoms with E-state index in [-0.39, 0.29) is 117 Å². The first kappa shape index (κ1) is 32.8. The fourth-order valence-corrected chi connectivity index (χ4v) is 6.80. The molecule has 4 nitrogen and oxygen atoms in total. The van der Waals surface area contributed by atoms with Crippen molar-refractivity contribution in [1.29, 1.82) is 0 Å². The number of halogens is 8. The summed E-state index contributed by atoms with van der Waals surface area (Å²) in [4.78, 5) is 12.2. The quantitative estimate of drug-likeness (QED) is 0.169. The van der Waals surface area contributed by atoms with Crippen molar-refractivity contribution < 1.29 is 78.9 Å². The zero-order valence-electron chi connectivity index (χ0n) is 17.5. The molecule has 0 aromatic heterocycles. The molecule has 0 atom stereocenters. The molecule has 1 aliphatic heterocycles. The molecule has 170 valence electrons. The van der Waals surface area contributed by atoms with Crippen LogP contribution in [0.4, 0.5) is 0 Å². The average molecular weight is 828 g/mol. The summed E-state index contributed by atoms with van der Waals surface area (Å²) < 4.78 is 7.45. The minimum absolute atomic E-state index is 0. The van der Waals surface area contributed by atoms with Crippen molar-refractivity contribution in [2.45, 2.75) is 0 Å². The van der Waals surface area contributed by atoms with Crippen molar-refractivity contribution in [3.05, 3.63) is 77.2 Å². The second kappa shape index (κ2) is 12.4. The maximum atomic E-state index is 12.6. The summed E-state index contributed by atoms with van der Waals surface area (Å²) in [7, 11) is 0. The first-order chi connectivity index (χ1) is 15.4. The van der Waals surface area contributed by atoms with Crippen LogP contribution in [0.15, 0.2) is 30.0 Å². The Bertz CT molecular complexity index is 1550. The van der Waals surface area contributed by atoms with E-state index in [0.717, 1.165) is 0 Å². The number of hydrogen-bond donors (Lipinski definition) is 0. The van der Waals surface area contributed by atoms with Gasteiger partial charge in [-0.25, -0.2) is 0 Å². The summed E-state index contributed by atoms with van der Waals surface area (Å²) in [5.74, 6) is -1.59. The molecule has 0 N–H and O–H groups in total. The molecular formula is C21H4Br4Cl4Na2O4. The van der Waals surface area contributed by atoms with Gasteiger partial charge in [0.25, 0.3) is 0 Å². The summed E-state index contributed by atoms with van der Waals surface area (Å²) in [5.41, 5.74) is 0.109.